The van der Waals surface area contributed by atoms with Crippen LogP contribution in [-0.4, -0.2) is 27.2 Å². The second-order valence-electron chi connectivity index (χ2n) is 4.24. The first-order valence-corrected chi connectivity index (χ1v) is 5.43. The maximum atomic E-state index is 13.0. The van der Waals surface area contributed by atoms with E-state index in [0.717, 1.165) is 18.2 Å². The average Bonchev–Trinajstić information content (AvgIpc) is 2.37. The molecule has 0 amide bonds. The monoisotopic (exact) mass is 310 g/mol. The predicted octanol–water partition coefficient (Wildman–Crippen LogP) is 1.45. The van der Waals surface area contributed by atoms with Gasteiger partial charge in [-0.1, -0.05) is 6.07 Å². The van der Waals surface area contributed by atoms with Crippen molar-refractivity contribution >= 4 is 11.0 Å². The smallest absolute Gasteiger partial charge is 0.382 e. The van der Waals surface area contributed by atoms with Gasteiger partial charge in [0.2, 0.25) is 0 Å². The Bertz CT molecular complexity index is 793. The van der Waals surface area contributed by atoms with Gasteiger partial charge in [0.1, 0.15) is 0 Å². The van der Waals surface area contributed by atoms with Gasteiger partial charge < -0.3 is 15.1 Å². The number of benzene rings is 1. The van der Waals surface area contributed by atoms with Crippen LogP contribution >= 0.6 is 0 Å². The van der Waals surface area contributed by atoms with Crippen LogP contribution in [0.5, 0.6) is 0 Å². The molecule has 2 aromatic rings. The fourth-order valence-electron chi connectivity index (χ4n) is 1.67. The number of H-pyrrole nitrogens is 2. The van der Waals surface area contributed by atoms with Crippen molar-refractivity contribution in [1.82, 2.24) is 9.97 Å². The van der Waals surface area contributed by atoms with E-state index < -0.39 is 34.9 Å². The Kier molecular flexibility index (Phi) is 3.36. The Hall–Kier alpha value is -2.23. The predicted molar refractivity (Wildman–Crippen MR) is 61.2 cm³/mol. The zero-order chi connectivity index (χ0) is 16.0. The minimum atomic E-state index is -5.93. The molecule has 0 saturated carbocycles. The number of alkyl halides is 5. The van der Waals surface area contributed by atoms with E-state index >= 15 is 0 Å². The first-order chi connectivity index (χ1) is 9.54. The van der Waals surface area contributed by atoms with Crippen LogP contribution in [0.25, 0.3) is 11.0 Å². The largest absolute Gasteiger partial charge is 0.456 e. The number of hydrogen-bond donors (Lipinski definition) is 3. The number of halogens is 5. The van der Waals surface area contributed by atoms with Crippen LogP contribution < -0.4 is 11.1 Å². The first kappa shape index (κ1) is 15.2. The van der Waals surface area contributed by atoms with Gasteiger partial charge in [-0.2, -0.15) is 22.0 Å². The molecule has 21 heavy (non-hydrogen) atoms. The molecule has 1 aromatic carbocycles. The first-order valence-electron chi connectivity index (χ1n) is 5.43. The summed E-state index contributed by atoms with van der Waals surface area (Å²) in [5.74, 6) is -5.36. The molecule has 0 aliphatic heterocycles. The van der Waals surface area contributed by atoms with Gasteiger partial charge in [-0.15, -0.1) is 0 Å². The van der Waals surface area contributed by atoms with E-state index in [-0.39, 0.29) is 11.0 Å². The topological polar surface area (TPSA) is 85.9 Å². The lowest BCUT2D eigenvalue weighted by molar-refractivity contribution is -0.315. The lowest BCUT2D eigenvalue weighted by Crippen LogP contribution is -2.42. The molecule has 2 rings (SSSR count). The standard InChI is InChI=1S/C11H7F5N2O3/c12-10(13,11(14,15)16)7(19)4-1-2-5-6(3-4)18-9(21)8(20)17-5/h1-3,7,19H,(H,17,20)(H,18,21). The van der Waals surface area contributed by atoms with E-state index in [1.807, 2.05) is 4.98 Å². The van der Waals surface area contributed by atoms with Crippen molar-refractivity contribution < 1.29 is 27.1 Å². The van der Waals surface area contributed by atoms with Gasteiger partial charge in [0, 0.05) is 0 Å². The summed E-state index contributed by atoms with van der Waals surface area (Å²) in [5.41, 5.74) is -3.03. The molecule has 114 valence electrons. The Morgan fingerprint density at radius 1 is 0.952 bits per heavy atom. The van der Waals surface area contributed by atoms with Crippen LogP contribution in [0.3, 0.4) is 0 Å². The van der Waals surface area contributed by atoms with Crippen LogP contribution in [0.2, 0.25) is 0 Å². The second-order valence-corrected chi connectivity index (χ2v) is 4.24. The summed E-state index contributed by atoms with van der Waals surface area (Å²) in [5, 5.41) is 9.23. The lowest BCUT2D eigenvalue weighted by Gasteiger charge is -2.25. The number of aliphatic hydroxyl groups is 1. The Morgan fingerprint density at radius 2 is 1.48 bits per heavy atom. The van der Waals surface area contributed by atoms with Crippen molar-refractivity contribution in [3.63, 3.8) is 0 Å². The molecule has 1 atom stereocenters. The molecule has 1 unspecified atom stereocenters. The van der Waals surface area contributed by atoms with E-state index in [0.29, 0.717) is 0 Å². The van der Waals surface area contributed by atoms with Crippen LogP contribution in [0.4, 0.5) is 22.0 Å². The summed E-state index contributed by atoms with van der Waals surface area (Å²) in [4.78, 5) is 26.2. The van der Waals surface area contributed by atoms with Crippen LogP contribution in [0.1, 0.15) is 11.7 Å². The molecule has 3 N–H and O–H groups in total. The van der Waals surface area contributed by atoms with E-state index in [1.165, 1.54) is 0 Å². The van der Waals surface area contributed by atoms with Gasteiger partial charge in [-0.05, 0) is 17.7 Å². The third-order valence-electron chi connectivity index (χ3n) is 2.78. The van der Waals surface area contributed by atoms with Gasteiger partial charge in [-0.3, -0.25) is 9.59 Å². The molecule has 1 aromatic heterocycles. The maximum Gasteiger partial charge on any atom is 0.456 e. The fourth-order valence-corrected chi connectivity index (χ4v) is 1.67. The Morgan fingerprint density at radius 3 is 2.00 bits per heavy atom. The summed E-state index contributed by atoms with van der Waals surface area (Å²) in [6.45, 7) is 0. The zero-order valence-electron chi connectivity index (χ0n) is 9.96. The summed E-state index contributed by atoms with van der Waals surface area (Å²) >= 11 is 0. The molecule has 0 saturated heterocycles. The van der Waals surface area contributed by atoms with Gasteiger partial charge in [-0.25, -0.2) is 0 Å². The van der Waals surface area contributed by atoms with Gasteiger partial charge in [0.25, 0.3) is 0 Å². The van der Waals surface area contributed by atoms with Crippen LogP contribution in [0, 0.1) is 0 Å². The van der Waals surface area contributed by atoms with Gasteiger partial charge in [0.15, 0.2) is 6.10 Å². The zero-order valence-corrected chi connectivity index (χ0v) is 9.96. The number of aromatic amines is 2. The molecule has 10 heteroatoms. The summed E-state index contributed by atoms with van der Waals surface area (Å²) in [6, 6.07) is 2.52. The third kappa shape index (κ3) is 2.53. The Labute approximate surface area is 112 Å². The molecule has 0 radical (unpaired) electrons. The SMILES string of the molecule is O=c1[nH]c2ccc(C(O)C(F)(F)C(F)(F)F)cc2[nH]c1=O. The van der Waals surface area contributed by atoms with Crippen LogP contribution in [0.15, 0.2) is 27.8 Å². The summed E-state index contributed by atoms with van der Waals surface area (Å²) < 4.78 is 62.7. The molecule has 1 heterocycles. The lowest BCUT2D eigenvalue weighted by atomic mass is 10.0. The third-order valence-corrected chi connectivity index (χ3v) is 2.78. The minimum absolute atomic E-state index is 0.0193. The molecule has 0 spiro atoms. The van der Waals surface area contributed by atoms with E-state index in [1.54, 1.807) is 0 Å². The van der Waals surface area contributed by atoms with Crippen molar-refractivity contribution in [1.29, 1.82) is 0 Å². The minimum Gasteiger partial charge on any atom is -0.382 e. The number of rotatable bonds is 2. The molecule has 0 aliphatic carbocycles. The summed E-state index contributed by atoms with van der Waals surface area (Å²) in [7, 11) is 0. The molecule has 5 nitrogen and oxygen atoms in total. The van der Waals surface area contributed by atoms with Gasteiger partial charge >= 0.3 is 23.2 Å². The normalized spacial score (nSPS) is 14.4. The fraction of sp³-hybridized carbons (Fsp3) is 0.273. The number of aliphatic hydroxyl groups excluding tert-OH is 1. The van der Waals surface area contributed by atoms with E-state index in [4.69, 9.17) is 0 Å². The van der Waals surface area contributed by atoms with Gasteiger partial charge in [0.05, 0.1) is 11.0 Å². The molecule has 0 bridgehead atoms. The van der Waals surface area contributed by atoms with E-state index in [2.05, 4.69) is 4.98 Å². The van der Waals surface area contributed by atoms with Crippen molar-refractivity contribution in [3.05, 3.63) is 44.5 Å². The highest BCUT2D eigenvalue weighted by molar-refractivity contribution is 5.74. The van der Waals surface area contributed by atoms with Crippen molar-refractivity contribution in [2.45, 2.75) is 18.2 Å². The number of hydrogen-bond acceptors (Lipinski definition) is 3. The molecular weight excluding hydrogens is 303 g/mol. The highest BCUT2D eigenvalue weighted by Crippen LogP contribution is 2.44. The summed E-state index contributed by atoms with van der Waals surface area (Å²) in [6.07, 6.45) is -9.07. The average molecular weight is 310 g/mol. The number of nitrogens with one attached hydrogen (secondary N) is 2. The maximum absolute atomic E-state index is 13.0. The Balaban J connectivity index is 2.55. The highest BCUT2D eigenvalue weighted by Gasteiger charge is 2.62. The highest BCUT2D eigenvalue weighted by atomic mass is 19.4. The number of aromatic nitrogens is 2. The van der Waals surface area contributed by atoms with E-state index in [9.17, 15) is 36.6 Å². The number of fused-ring (bicyclic) bond motifs is 1. The molecule has 0 aliphatic rings. The van der Waals surface area contributed by atoms with Crippen LogP contribution in [-0.2, 0) is 0 Å². The van der Waals surface area contributed by atoms with Crippen molar-refractivity contribution in [2.24, 2.45) is 0 Å². The quantitative estimate of drug-likeness (QED) is 0.579. The second kappa shape index (κ2) is 4.65. The van der Waals surface area contributed by atoms with Crippen molar-refractivity contribution in [2.75, 3.05) is 0 Å². The van der Waals surface area contributed by atoms with Crippen molar-refractivity contribution in [3.8, 4) is 0 Å². The molecular formula is C11H7F5N2O3. The molecule has 0 fully saturated rings.